The van der Waals surface area contributed by atoms with Crippen LogP contribution in [0.4, 0.5) is 13.2 Å². The SMILES string of the molecule is O=C(O)C1CCC(=O)N1CCC(F)(F)F. The highest BCUT2D eigenvalue weighted by Crippen LogP contribution is 2.24. The number of hydrogen-bond acceptors (Lipinski definition) is 2. The highest BCUT2D eigenvalue weighted by molar-refractivity contribution is 5.87. The molecule has 1 unspecified atom stereocenters. The number of likely N-dealkylation sites (tertiary alicyclic amines) is 1. The Kier molecular flexibility index (Phi) is 3.21. The molecule has 1 saturated heterocycles. The first kappa shape index (κ1) is 11.8. The van der Waals surface area contributed by atoms with Gasteiger partial charge in [-0.2, -0.15) is 13.2 Å². The van der Waals surface area contributed by atoms with Gasteiger partial charge in [0.1, 0.15) is 6.04 Å². The number of carbonyl (C=O) groups is 2. The first-order chi connectivity index (χ1) is 6.81. The fourth-order valence-electron chi connectivity index (χ4n) is 1.52. The van der Waals surface area contributed by atoms with Crippen LogP contribution in [0.25, 0.3) is 0 Å². The molecule has 1 fully saturated rings. The molecular formula is C8H10F3NO3. The minimum Gasteiger partial charge on any atom is -0.480 e. The van der Waals surface area contributed by atoms with Crippen LogP contribution < -0.4 is 0 Å². The number of halogens is 3. The third-order valence-electron chi connectivity index (χ3n) is 2.25. The number of rotatable bonds is 3. The van der Waals surface area contributed by atoms with Crippen LogP contribution in [0.3, 0.4) is 0 Å². The molecule has 86 valence electrons. The summed E-state index contributed by atoms with van der Waals surface area (Å²) in [5.41, 5.74) is 0. The molecule has 1 aliphatic heterocycles. The number of carbonyl (C=O) groups excluding carboxylic acids is 1. The lowest BCUT2D eigenvalue weighted by molar-refractivity contribution is -0.153. The highest BCUT2D eigenvalue weighted by atomic mass is 19.4. The summed E-state index contributed by atoms with van der Waals surface area (Å²) in [5, 5.41) is 8.66. The number of amides is 1. The predicted molar refractivity (Wildman–Crippen MR) is 43.0 cm³/mol. The summed E-state index contributed by atoms with van der Waals surface area (Å²) in [7, 11) is 0. The van der Waals surface area contributed by atoms with Gasteiger partial charge in [-0.15, -0.1) is 0 Å². The van der Waals surface area contributed by atoms with Crippen LogP contribution in [-0.2, 0) is 9.59 Å². The Bertz CT molecular complexity index is 277. The summed E-state index contributed by atoms with van der Waals surface area (Å²) < 4.78 is 35.6. The van der Waals surface area contributed by atoms with Crippen molar-refractivity contribution in [2.75, 3.05) is 6.54 Å². The molecule has 7 heteroatoms. The van der Waals surface area contributed by atoms with Crippen LogP contribution in [0.2, 0.25) is 0 Å². The second kappa shape index (κ2) is 4.08. The minimum atomic E-state index is -4.37. The van der Waals surface area contributed by atoms with E-state index >= 15 is 0 Å². The third-order valence-corrected chi connectivity index (χ3v) is 2.25. The Hall–Kier alpha value is -1.27. The van der Waals surface area contributed by atoms with Gasteiger partial charge in [-0.3, -0.25) is 4.79 Å². The van der Waals surface area contributed by atoms with E-state index in [9.17, 15) is 22.8 Å². The van der Waals surface area contributed by atoms with E-state index in [2.05, 4.69) is 0 Å². The summed E-state index contributed by atoms with van der Waals surface area (Å²) >= 11 is 0. The Labute approximate surface area is 83.7 Å². The molecule has 0 saturated carbocycles. The van der Waals surface area contributed by atoms with Gasteiger partial charge in [-0.05, 0) is 6.42 Å². The summed E-state index contributed by atoms with van der Waals surface area (Å²) in [4.78, 5) is 22.5. The van der Waals surface area contributed by atoms with Crippen molar-refractivity contribution >= 4 is 11.9 Å². The van der Waals surface area contributed by atoms with Crippen molar-refractivity contribution in [2.24, 2.45) is 0 Å². The summed E-state index contributed by atoms with van der Waals surface area (Å²) in [6.45, 7) is -0.570. The van der Waals surface area contributed by atoms with Crippen molar-refractivity contribution in [1.29, 1.82) is 0 Å². The fraction of sp³-hybridized carbons (Fsp3) is 0.750. The number of alkyl halides is 3. The van der Waals surface area contributed by atoms with Crippen molar-refractivity contribution in [1.82, 2.24) is 4.90 Å². The minimum absolute atomic E-state index is 0.00875. The van der Waals surface area contributed by atoms with Gasteiger partial charge in [-0.1, -0.05) is 0 Å². The van der Waals surface area contributed by atoms with Crippen LogP contribution in [-0.4, -0.2) is 40.6 Å². The second-order valence-electron chi connectivity index (χ2n) is 3.35. The van der Waals surface area contributed by atoms with Gasteiger partial charge in [-0.25, -0.2) is 4.79 Å². The van der Waals surface area contributed by atoms with Gasteiger partial charge < -0.3 is 10.0 Å². The van der Waals surface area contributed by atoms with Crippen LogP contribution in [0.15, 0.2) is 0 Å². The van der Waals surface area contributed by atoms with Gasteiger partial charge in [0.25, 0.3) is 0 Å². The number of nitrogens with zero attached hydrogens (tertiary/aromatic N) is 1. The molecule has 1 N–H and O–H groups in total. The number of carboxylic acids is 1. The number of carboxylic acid groups (broad SMARTS) is 1. The molecule has 1 amide bonds. The molecule has 0 bridgehead atoms. The van der Waals surface area contributed by atoms with Crippen molar-refractivity contribution in [3.8, 4) is 0 Å². The van der Waals surface area contributed by atoms with Crippen molar-refractivity contribution in [3.05, 3.63) is 0 Å². The molecule has 0 aromatic heterocycles. The maximum absolute atomic E-state index is 11.9. The van der Waals surface area contributed by atoms with Crippen molar-refractivity contribution in [3.63, 3.8) is 0 Å². The molecule has 0 spiro atoms. The normalized spacial score (nSPS) is 22.2. The maximum Gasteiger partial charge on any atom is 0.390 e. The molecule has 0 aliphatic carbocycles. The first-order valence-electron chi connectivity index (χ1n) is 4.40. The van der Waals surface area contributed by atoms with Crippen LogP contribution in [0.1, 0.15) is 19.3 Å². The lowest BCUT2D eigenvalue weighted by Crippen LogP contribution is -2.40. The standard InChI is InChI=1S/C8H10F3NO3/c9-8(10,11)3-4-12-5(7(14)15)1-2-6(12)13/h5H,1-4H2,(H,14,15). The molecule has 1 aliphatic rings. The molecule has 1 heterocycles. The molecule has 15 heavy (non-hydrogen) atoms. The Morgan fingerprint density at radius 1 is 1.53 bits per heavy atom. The molecule has 1 rings (SSSR count). The van der Waals surface area contributed by atoms with Crippen molar-refractivity contribution < 1.29 is 27.9 Å². The topological polar surface area (TPSA) is 57.6 Å². The lowest BCUT2D eigenvalue weighted by Gasteiger charge is -2.21. The summed E-state index contributed by atoms with van der Waals surface area (Å²) in [6.07, 6.45) is -5.44. The predicted octanol–water partition coefficient (Wildman–Crippen LogP) is 1.01. The summed E-state index contributed by atoms with van der Waals surface area (Å²) in [6, 6.07) is -1.10. The van der Waals surface area contributed by atoms with E-state index in [1.54, 1.807) is 0 Å². The second-order valence-corrected chi connectivity index (χ2v) is 3.35. The van der Waals surface area contributed by atoms with Crippen LogP contribution >= 0.6 is 0 Å². The van der Waals surface area contributed by atoms with Gasteiger partial charge in [0.15, 0.2) is 0 Å². The van der Waals surface area contributed by atoms with E-state index in [4.69, 9.17) is 5.11 Å². The number of hydrogen-bond donors (Lipinski definition) is 1. The van der Waals surface area contributed by atoms with Crippen molar-refractivity contribution in [2.45, 2.75) is 31.5 Å². The van der Waals surface area contributed by atoms with Gasteiger partial charge in [0.05, 0.1) is 6.42 Å². The lowest BCUT2D eigenvalue weighted by atomic mass is 10.2. The average Bonchev–Trinajstić information content (AvgIpc) is 2.42. The van der Waals surface area contributed by atoms with E-state index in [0.717, 1.165) is 4.90 Å². The van der Waals surface area contributed by atoms with Gasteiger partial charge in [0, 0.05) is 13.0 Å². The molecule has 0 aromatic carbocycles. The monoisotopic (exact) mass is 225 g/mol. The molecule has 0 radical (unpaired) electrons. The van der Waals surface area contributed by atoms with E-state index < -0.39 is 37.1 Å². The van der Waals surface area contributed by atoms with Crippen LogP contribution in [0.5, 0.6) is 0 Å². The first-order valence-corrected chi connectivity index (χ1v) is 4.40. The Morgan fingerprint density at radius 2 is 2.13 bits per heavy atom. The quantitative estimate of drug-likeness (QED) is 0.779. The van der Waals surface area contributed by atoms with E-state index in [1.165, 1.54) is 0 Å². The van der Waals surface area contributed by atoms with Gasteiger partial charge in [0.2, 0.25) is 5.91 Å². The third kappa shape index (κ3) is 3.10. The zero-order valence-electron chi connectivity index (χ0n) is 7.75. The van der Waals surface area contributed by atoms with Crippen LogP contribution in [0, 0.1) is 0 Å². The zero-order chi connectivity index (χ0) is 11.6. The molecule has 4 nitrogen and oxygen atoms in total. The Morgan fingerprint density at radius 3 is 2.60 bits per heavy atom. The molecule has 0 aromatic rings. The smallest absolute Gasteiger partial charge is 0.390 e. The van der Waals surface area contributed by atoms with E-state index in [-0.39, 0.29) is 12.8 Å². The molecule has 1 atom stereocenters. The summed E-state index contributed by atoms with van der Waals surface area (Å²) in [5.74, 6) is -1.77. The highest BCUT2D eigenvalue weighted by Gasteiger charge is 2.38. The largest absolute Gasteiger partial charge is 0.480 e. The van der Waals surface area contributed by atoms with E-state index in [1.807, 2.05) is 0 Å². The Balaban J connectivity index is 2.58. The fourth-order valence-corrected chi connectivity index (χ4v) is 1.52. The van der Waals surface area contributed by atoms with E-state index in [0.29, 0.717) is 0 Å². The maximum atomic E-state index is 11.9. The zero-order valence-corrected chi connectivity index (χ0v) is 7.75. The number of aliphatic carboxylic acids is 1. The molecular weight excluding hydrogens is 215 g/mol. The average molecular weight is 225 g/mol. The van der Waals surface area contributed by atoms with Gasteiger partial charge >= 0.3 is 12.1 Å².